The number of aliphatic hydroxyl groups is 1. The number of carbonyl (C=O) groups excluding carboxylic acids is 3. The lowest BCUT2D eigenvalue weighted by molar-refractivity contribution is -0.182. The Labute approximate surface area is 179 Å². The van der Waals surface area contributed by atoms with Crippen LogP contribution in [0.1, 0.15) is 71.9 Å². The molecular weight excluding hydrogens is 384 g/mol. The first-order chi connectivity index (χ1) is 13.5. The van der Waals surface area contributed by atoms with E-state index in [9.17, 15) is 19.5 Å². The van der Waals surface area contributed by atoms with E-state index in [0.717, 1.165) is 5.56 Å². The molecule has 0 unspecified atom stereocenters. The summed E-state index contributed by atoms with van der Waals surface area (Å²) >= 11 is 0. The molecule has 1 saturated carbocycles. The number of hydrogen-bond acceptors (Lipinski definition) is 6. The largest absolute Gasteiger partial charge is 0.460 e. The summed E-state index contributed by atoms with van der Waals surface area (Å²) < 4.78 is 11.1. The highest BCUT2D eigenvalue weighted by atomic mass is 16.6. The summed E-state index contributed by atoms with van der Waals surface area (Å²) in [6.45, 7) is 13.7. The van der Waals surface area contributed by atoms with Gasteiger partial charge in [0.15, 0.2) is 5.78 Å². The van der Waals surface area contributed by atoms with E-state index in [0.29, 0.717) is 5.56 Å². The predicted molar refractivity (Wildman–Crippen MR) is 113 cm³/mol. The lowest BCUT2D eigenvalue weighted by Crippen LogP contribution is -2.56. The van der Waals surface area contributed by atoms with Gasteiger partial charge >= 0.3 is 11.9 Å². The average Bonchev–Trinajstić information content (AvgIpc) is 2.50. The minimum Gasteiger partial charge on any atom is -0.460 e. The molecule has 1 aliphatic rings. The molecule has 4 atom stereocenters. The first-order valence-corrected chi connectivity index (χ1v) is 10.3. The van der Waals surface area contributed by atoms with E-state index in [1.807, 2.05) is 19.1 Å². The van der Waals surface area contributed by atoms with Gasteiger partial charge in [-0.05, 0) is 61.0 Å². The van der Waals surface area contributed by atoms with Gasteiger partial charge in [0.25, 0.3) is 0 Å². The van der Waals surface area contributed by atoms with E-state index in [1.165, 1.54) is 6.92 Å². The van der Waals surface area contributed by atoms with Gasteiger partial charge in [0.1, 0.15) is 17.1 Å². The first-order valence-electron chi connectivity index (χ1n) is 10.3. The molecule has 1 aromatic carbocycles. The molecule has 0 heterocycles. The Morgan fingerprint density at radius 2 is 1.43 bits per heavy atom. The van der Waals surface area contributed by atoms with Crippen molar-refractivity contribution < 1.29 is 29.0 Å². The number of esters is 2. The normalized spacial score (nSPS) is 27.5. The highest BCUT2D eigenvalue weighted by molar-refractivity contribution is 6.03. The summed E-state index contributed by atoms with van der Waals surface area (Å²) in [6, 6.07) is 7.26. The van der Waals surface area contributed by atoms with Gasteiger partial charge in [-0.2, -0.15) is 0 Å². The summed E-state index contributed by atoms with van der Waals surface area (Å²) in [4.78, 5) is 39.3. The molecule has 0 bridgehead atoms. The highest BCUT2D eigenvalue weighted by Gasteiger charge is 2.57. The molecule has 0 amide bonds. The third kappa shape index (κ3) is 5.69. The van der Waals surface area contributed by atoms with Gasteiger partial charge in [0.2, 0.25) is 0 Å². The van der Waals surface area contributed by atoms with Crippen LogP contribution in [0.3, 0.4) is 0 Å². The fourth-order valence-corrected chi connectivity index (χ4v) is 3.93. The standard InChI is InChI=1S/C24H34O6/c1-14-9-11-15(12-10-14)17-18(20(26)29-22(2,3)4)16(25)13-24(8,28)19(17)21(27)30-23(5,6)7/h9-12,17-19,28H,13H2,1-8H3/t17-,18+,19+,24-/m1/s1. The van der Waals surface area contributed by atoms with Crippen LogP contribution < -0.4 is 0 Å². The van der Waals surface area contributed by atoms with Crippen LogP contribution in [0.25, 0.3) is 0 Å². The second kappa shape index (κ2) is 8.14. The monoisotopic (exact) mass is 418 g/mol. The van der Waals surface area contributed by atoms with E-state index < -0.39 is 52.3 Å². The number of hydrogen-bond donors (Lipinski definition) is 1. The van der Waals surface area contributed by atoms with E-state index in [4.69, 9.17) is 9.47 Å². The molecule has 2 rings (SSSR count). The van der Waals surface area contributed by atoms with Gasteiger partial charge < -0.3 is 14.6 Å². The molecule has 0 radical (unpaired) electrons. The molecule has 0 aromatic heterocycles. The van der Waals surface area contributed by atoms with Gasteiger partial charge in [-0.15, -0.1) is 0 Å². The Kier molecular flexibility index (Phi) is 6.53. The zero-order valence-corrected chi connectivity index (χ0v) is 19.2. The molecule has 1 N–H and O–H groups in total. The van der Waals surface area contributed by atoms with Crippen molar-refractivity contribution in [3.05, 3.63) is 35.4 Å². The van der Waals surface area contributed by atoms with Crippen molar-refractivity contribution in [2.45, 2.75) is 84.5 Å². The van der Waals surface area contributed by atoms with Crippen molar-refractivity contribution in [1.29, 1.82) is 0 Å². The fourth-order valence-electron chi connectivity index (χ4n) is 3.93. The third-order valence-corrected chi connectivity index (χ3v) is 5.05. The average molecular weight is 419 g/mol. The van der Waals surface area contributed by atoms with Gasteiger partial charge in [0, 0.05) is 12.3 Å². The van der Waals surface area contributed by atoms with Crippen molar-refractivity contribution in [2.75, 3.05) is 0 Å². The van der Waals surface area contributed by atoms with Crippen LogP contribution in [0.15, 0.2) is 24.3 Å². The lowest BCUT2D eigenvalue weighted by atomic mass is 9.61. The van der Waals surface area contributed by atoms with Crippen molar-refractivity contribution in [1.82, 2.24) is 0 Å². The Balaban J connectivity index is 2.62. The minimum absolute atomic E-state index is 0.330. The second-order valence-electron chi connectivity index (χ2n) is 10.5. The van der Waals surface area contributed by atoms with Gasteiger partial charge in [-0.1, -0.05) is 29.8 Å². The molecule has 0 spiro atoms. The smallest absolute Gasteiger partial charge is 0.317 e. The van der Waals surface area contributed by atoms with Gasteiger partial charge in [0.05, 0.1) is 11.5 Å². The maximum Gasteiger partial charge on any atom is 0.317 e. The van der Waals surface area contributed by atoms with E-state index in [2.05, 4.69) is 0 Å². The summed E-state index contributed by atoms with van der Waals surface area (Å²) in [5.74, 6) is -4.98. The minimum atomic E-state index is -1.66. The van der Waals surface area contributed by atoms with Gasteiger partial charge in [-0.3, -0.25) is 14.4 Å². The molecule has 1 aromatic rings. The summed E-state index contributed by atoms with van der Waals surface area (Å²) in [5, 5.41) is 11.1. The molecule has 30 heavy (non-hydrogen) atoms. The van der Waals surface area contributed by atoms with Crippen LogP contribution >= 0.6 is 0 Å². The van der Waals surface area contributed by atoms with Crippen LogP contribution in [-0.4, -0.2) is 39.6 Å². The second-order valence-corrected chi connectivity index (χ2v) is 10.5. The van der Waals surface area contributed by atoms with Crippen LogP contribution in [0, 0.1) is 18.8 Å². The molecule has 0 aliphatic heterocycles. The molecule has 0 saturated heterocycles. The van der Waals surface area contributed by atoms with E-state index in [1.54, 1.807) is 53.7 Å². The summed E-state index contributed by atoms with van der Waals surface area (Å²) in [7, 11) is 0. The Morgan fingerprint density at radius 1 is 0.967 bits per heavy atom. The Hall–Kier alpha value is -2.21. The molecule has 6 heteroatoms. The van der Waals surface area contributed by atoms with E-state index in [-0.39, 0.29) is 6.42 Å². The van der Waals surface area contributed by atoms with Crippen molar-refractivity contribution in [2.24, 2.45) is 11.8 Å². The molecule has 6 nitrogen and oxygen atoms in total. The fraction of sp³-hybridized carbons (Fsp3) is 0.625. The number of carbonyl (C=O) groups is 3. The molecule has 166 valence electrons. The van der Waals surface area contributed by atoms with Crippen LogP contribution in [0.2, 0.25) is 0 Å². The maximum atomic E-state index is 13.2. The first kappa shape index (κ1) is 24.1. The molecule has 1 fully saturated rings. The van der Waals surface area contributed by atoms with Crippen LogP contribution in [-0.2, 0) is 23.9 Å². The molecule has 1 aliphatic carbocycles. The van der Waals surface area contributed by atoms with Gasteiger partial charge in [-0.25, -0.2) is 0 Å². The maximum absolute atomic E-state index is 13.2. The number of ether oxygens (including phenoxy) is 2. The number of benzene rings is 1. The predicted octanol–water partition coefficient (Wildman–Crippen LogP) is 3.72. The number of Topliss-reactive ketones (excluding diaryl/α,β-unsaturated/α-hetero) is 1. The highest BCUT2D eigenvalue weighted by Crippen LogP contribution is 2.47. The Bertz CT molecular complexity index is 808. The summed E-state index contributed by atoms with van der Waals surface area (Å²) in [6.07, 6.45) is -0.330. The topological polar surface area (TPSA) is 89.9 Å². The SMILES string of the molecule is Cc1ccc([C@@H]2[C@@H](C(=O)OC(C)(C)C)C(=O)C[C@@](C)(O)[C@@H]2C(=O)OC(C)(C)C)cc1. The van der Waals surface area contributed by atoms with Crippen molar-refractivity contribution in [3.8, 4) is 0 Å². The zero-order valence-electron chi connectivity index (χ0n) is 19.2. The zero-order chi connectivity index (χ0) is 23.1. The Morgan fingerprint density at radius 3 is 1.90 bits per heavy atom. The van der Waals surface area contributed by atoms with Crippen molar-refractivity contribution >= 4 is 17.7 Å². The number of aryl methyl sites for hydroxylation is 1. The number of rotatable bonds is 3. The van der Waals surface area contributed by atoms with Crippen LogP contribution in [0.4, 0.5) is 0 Å². The quantitative estimate of drug-likeness (QED) is 0.594. The van der Waals surface area contributed by atoms with Crippen LogP contribution in [0.5, 0.6) is 0 Å². The number of ketones is 1. The lowest BCUT2D eigenvalue weighted by Gasteiger charge is -2.44. The van der Waals surface area contributed by atoms with Crippen molar-refractivity contribution in [3.63, 3.8) is 0 Å². The van der Waals surface area contributed by atoms with E-state index >= 15 is 0 Å². The summed E-state index contributed by atoms with van der Waals surface area (Å²) in [5.41, 5.74) is -1.63. The third-order valence-electron chi connectivity index (χ3n) is 5.05. The molecular formula is C24H34O6.